The first kappa shape index (κ1) is 32.8. The first-order chi connectivity index (χ1) is 18.0. The van der Waals surface area contributed by atoms with Crippen LogP contribution in [0.15, 0.2) is 72.8 Å². The summed E-state index contributed by atoms with van der Waals surface area (Å²) in [6.07, 6.45) is -18.4. The van der Waals surface area contributed by atoms with Gasteiger partial charge in [-0.05, 0) is 18.2 Å². The lowest BCUT2D eigenvalue weighted by Crippen LogP contribution is -2.60. The molecule has 1 atom stereocenters. The van der Waals surface area contributed by atoms with Crippen LogP contribution in [0.1, 0.15) is 11.1 Å². The van der Waals surface area contributed by atoms with Crippen LogP contribution in [0.3, 0.4) is 0 Å². The maximum atomic E-state index is 13.8. The number of anilines is 2. The Bertz CT molecular complexity index is 1150. The first-order valence-electron chi connectivity index (χ1n) is 10.9. The van der Waals surface area contributed by atoms with Gasteiger partial charge in [-0.15, -0.1) is 0 Å². The molecule has 2 aromatic rings. The van der Waals surface area contributed by atoms with Gasteiger partial charge in [-0.25, -0.2) is 0 Å². The summed E-state index contributed by atoms with van der Waals surface area (Å²) in [5, 5.41) is 0. The highest BCUT2D eigenvalue weighted by Gasteiger charge is 2.73. The number of benzene rings is 2. The lowest BCUT2D eigenvalue weighted by atomic mass is 9.71. The van der Waals surface area contributed by atoms with Gasteiger partial charge in [0, 0.05) is 28.4 Å². The molecule has 0 fully saturated rings. The molecule has 1 aliphatic carbocycles. The maximum absolute atomic E-state index is 13.8. The Labute approximate surface area is 219 Å². The topological polar surface area (TPSA) is 104 Å². The van der Waals surface area contributed by atoms with Gasteiger partial charge in [-0.1, -0.05) is 54.6 Å². The highest BCUT2D eigenvalue weighted by Crippen LogP contribution is 2.58. The monoisotopic (exact) mass is 594 g/mol. The molecule has 16 heteroatoms. The largest absolute Gasteiger partial charge is 0.411 e. The Kier molecular flexibility index (Phi) is 8.92. The van der Waals surface area contributed by atoms with E-state index in [0.717, 1.165) is 42.5 Å². The number of rotatable bonds is 3. The van der Waals surface area contributed by atoms with Crippen LogP contribution < -0.4 is 22.9 Å². The standard InChI is InChI=1S/C15H12F6N2.C9H10F6N2/c16-14(17,18)13(15(19,20)21,9-5-1-3-7-11(9)22)10-6-2-4-8-12(10)23;10-8(11,12)6(9(13,14)15)5-3-1-2-4-7(5,16)17/h1-8H,22-23H2;1-6H,16-17H2. The van der Waals surface area contributed by atoms with E-state index in [-0.39, 0.29) is 0 Å². The Hall–Kier alpha value is -3.40. The number of para-hydroxylation sites is 2. The molecule has 40 heavy (non-hydrogen) atoms. The minimum Gasteiger partial charge on any atom is -0.398 e. The second-order valence-corrected chi connectivity index (χ2v) is 8.75. The summed E-state index contributed by atoms with van der Waals surface area (Å²) < 4.78 is 157. The average Bonchev–Trinajstić information content (AvgIpc) is 2.75. The lowest BCUT2D eigenvalue weighted by molar-refractivity contribution is -0.298. The number of hydrogen-bond donors (Lipinski definition) is 4. The molecule has 1 unspecified atom stereocenters. The van der Waals surface area contributed by atoms with Gasteiger partial charge in [0.05, 0.1) is 5.66 Å². The lowest BCUT2D eigenvalue weighted by Gasteiger charge is -2.39. The molecule has 0 radical (unpaired) electrons. The second-order valence-electron chi connectivity index (χ2n) is 8.75. The molecule has 4 nitrogen and oxygen atoms in total. The van der Waals surface area contributed by atoms with Crippen molar-refractivity contribution in [2.24, 2.45) is 23.3 Å². The van der Waals surface area contributed by atoms with E-state index in [9.17, 15) is 52.7 Å². The number of hydrogen-bond acceptors (Lipinski definition) is 4. The summed E-state index contributed by atoms with van der Waals surface area (Å²) in [4.78, 5) is 0. The van der Waals surface area contributed by atoms with Gasteiger partial charge < -0.3 is 22.9 Å². The third kappa shape index (κ3) is 6.32. The molecule has 0 saturated carbocycles. The van der Waals surface area contributed by atoms with Crippen molar-refractivity contribution in [3.8, 4) is 0 Å². The van der Waals surface area contributed by atoms with Gasteiger partial charge in [0.25, 0.3) is 0 Å². The Morgan fingerprint density at radius 2 is 0.975 bits per heavy atom. The zero-order valence-corrected chi connectivity index (χ0v) is 19.9. The van der Waals surface area contributed by atoms with Crippen molar-refractivity contribution in [1.82, 2.24) is 0 Å². The Balaban J connectivity index is 0.000000294. The minimum absolute atomic E-state index is 0.620. The van der Waals surface area contributed by atoms with Crippen molar-refractivity contribution >= 4 is 11.4 Å². The van der Waals surface area contributed by atoms with E-state index in [0.29, 0.717) is 12.1 Å². The fourth-order valence-electron chi connectivity index (χ4n) is 4.27. The molecule has 0 heterocycles. The molecule has 0 amide bonds. The van der Waals surface area contributed by atoms with Crippen molar-refractivity contribution in [3.05, 3.63) is 84.0 Å². The molecule has 1 aliphatic rings. The molecule has 8 N–H and O–H groups in total. The number of allylic oxidation sites excluding steroid dienone is 2. The summed E-state index contributed by atoms with van der Waals surface area (Å²) in [7, 11) is 0. The summed E-state index contributed by atoms with van der Waals surface area (Å²) in [5.74, 6) is -5.65. The first-order valence-corrected chi connectivity index (χ1v) is 10.9. The predicted octanol–water partition coefficient (Wildman–Crippen LogP) is 6.34. The van der Waals surface area contributed by atoms with E-state index in [1.54, 1.807) is 0 Å². The highest BCUT2D eigenvalue weighted by molar-refractivity contribution is 5.63. The van der Waals surface area contributed by atoms with Crippen LogP contribution in [0.5, 0.6) is 0 Å². The molecule has 0 bridgehead atoms. The minimum atomic E-state index is -5.70. The van der Waals surface area contributed by atoms with Crippen LogP contribution in [0.4, 0.5) is 64.1 Å². The number of halogens is 12. The molecular weight excluding hydrogens is 572 g/mol. The quantitative estimate of drug-likeness (QED) is 0.189. The van der Waals surface area contributed by atoms with Crippen LogP contribution in [-0.2, 0) is 5.41 Å². The molecule has 0 aromatic heterocycles. The summed E-state index contributed by atoms with van der Waals surface area (Å²) >= 11 is 0. The molecule has 222 valence electrons. The molecule has 0 saturated heterocycles. The third-order valence-electron chi connectivity index (χ3n) is 6.04. The maximum Gasteiger partial charge on any atom is 0.411 e. The summed E-state index contributed by atoms with van der Waals surface area (Å²) in [6, 6.07) is 8.04. The van der Waals surface area contributed by atoms with Gasteiger partial charge in [-0.3, -0.25) is 0 Å². The van der Waals surface area contributed by atoms with E-state index in [1.807, 2.05) is 0 Å². The summed E-state index contributed by atoms with van der Waals surface area (Å²) in [6.45, 7) is 0. The van der Waals surface area contributed by atoms with Gasteiger partial charge in [0.15, 0.2) is 5.92 Å². The fourth-order valence-corrected chi connectivity index (χ4v) is 4.27. The average molecular weight is 594 g/mol. The van der Waals surface area contributed by atoms with Gasteiger partial charge in [-0.2, -0.15) is 52.7 Å². The van der Waals surface area contributed by atoms with Crippen molar-refractivity contribution in [3.63, 3.8) is 0 Å². The van der Waals surface area contributed by atoms with E-state index in [4.69, 9.17) is 22.9 Å². The van der Waals surface area contributed by atoms with Crippen molar-refractivity contribution < 1.29 is 52.7 Å². The van der Waals surface area contributed by atoms with E-state index in [1.165, 1.54) is 18.2 Å². The Morgan fingerprint density at radius 1 is 0.600 bits per heavy atom. The predicted molar refractivity (Wildman–Crippen MR) is 123 cm³/mol. The zero-order chi connectivity index (χ0) is 30.9. The smallest absolute Gasteiger partial charge is 0.398 e. The van der Waals surface area contributed by atoms with Crippen molar-refractivity contribution in [2.75, 3.05) is 11.5 Å². The van der Waals surface area contributed by atoms with E-state index < -0.39 is 70.1 Å². The van der Waals surface area contributed by atoms with Crippen LogP contribution >= 0.6 is 0 Å². The van der Waals surface area contributed by atoms with Crippen molar-refractivity contribution in [2.45, 2.75) is 35.8 Å². The van der Waals surface area contributed by atoms with Gasteiger partial charge >= 0.3 is 24.7 Å². The molecule has 0 aliphatic heterocycles. The fraction of sp³-hybridized carbons (Fsp3) is 0.333. The summed E-state index contributed by atoms with van der Waals surface area (Å²) in [5.41, 5.74) is 11.5. The number of nitrogens with two attached hydrogens (primary N) is 4. The van der Waals surface area contributed by atoms with E-state index >= 15 is 0 Å². The van der Waals surface area contributed by atoms with Gasteiger partial charge in [0.1, 0.15) is 0 Å². The number of nitrogen functional groups attached to an aromatic ring is 2. The van der Waals surface area contributed by atoms with Crippen LogP contribution in [0, 0.1) is 11.8 Å². The van der Waals surface area contributed by atoms with Gasteiger partial charge in [0.2, 0.25) is 5.41 Å². The highest BCUT2D eigenvalue weighted by atomic mass is 19.4. The van der Waals surface area contributed by atoms with Crippen LogP contribution in [0.25, 0.3) is 0 Å². The SMILES string of the molecule is NC1(N)C=CC=CC1C(C(F)(F)F)C(F)(F)F.Nc1ccccc1C(c1ccccc1N)(C(F)(F)F)C(F)(F)F. The Morgan fingerprint density at radius 3 is 1.27 bits per heavy atom. The second kappa shape index (κ2) is 10.9. The molecule has 0 spiro atoms. The third-order valence-corrected chi connectivity index (χ3v) is 6.04. The number of alkyl halides is 12. The van der Waals surface area contributed by atoms with Crippen LogP contribution in [-0.4, -0.2) is 30.4 Å². The van der Waals surface area contributed by atoms with Crippen LogP contribution in [0.2, 0.25) is 0 Å². The van der Waals surface area contributed by atoms with E-state index in [2.05, 4.69) is 0 Å². The molecule has 3 rings (SSSR count). The normalized spacial score (nSPS) is 17.9. The van der Waals surface area contributed by atoms with Crippen molar-refractivity contribution in [1.29, 1.82) is 0 Å². The molecular formula is C24H22F12N4. The molecule has 2 aromatic carbocycles. The zero-order valence-electron chi connectivity index (χ0n) is 19.9.